The lowest BCUT2D eigenvalue weighted by Gasteiger charge is -2.27. The van der Waals surface area contributed by atoms with Crippen LogP contribution in [0.1, 0.15) is 32.1 Å². The number of carbonyl (C=O) groups is 1. The van der Waals surface area contributed by atoms with E-state index in [-0.39, 0.29) is 12.0 Å². The largest absolute Gasteiger partial charge is 0.392 e. The first-order valence-corrected chi connectivity index (χ1v) is 6.44. The van der Waals surface area contributed by atoms with Gasteiger partial charge >= 0.3 is 0 Å². The highest BCUT2D eigenvalue weighted by Gasteiger charge is 2.29. The summed E-state index contributed by atoms with van der Waals surface area (Å²) in [7, 11) is 0. The summed E-state index contributed by atoms with van der Waals surface area (Å²) in [6.45, 7) is 2.76. The molecule has 0 aromatic heterocycles. The zero-order chi connectivity index (χ0) is 11.4. The van der Waals surface area contributed by atoms with E-state index in [1.54, 1.807) is 0 Å². The van der Waals surface area contributed by atoms with Crippen LogP contribution < -0.4 is 5.32 Å². The summed E-state index contributed by atoms with van der Waals surface area (Å²) in [5.41, 5.74) is 0. The summed E-state index contributed by atoms with van der Waals surface area (Å²) < 4.78 is 0. The number of hydrogen-bond donors (Lipinski definition) is 2. The summed E-state index contributed by atoms with van der Waals surface area (Å²) in [5, 5.41) is 12.7. The zero-order valence-electron chi connectivity index (χ0n) is 9.82. The fourth-order valence-corrected chi connectivity index (χ4v) is 2.23. The van der Waals surface area contributed by atoms with E-state index in [4.69, 9.17) is 0 Å². The van der Waals surface area contributed by atoms with Crippen molar-refractivity contribution >= 4 is 5.91 Å². The molecule has 16 heavy (non-hydrogen) atoms. The Kier molecular flexibility index (Phi) is 4.18. The van der Waals surface area contributed by atoms with E-state index in [9.17, 15) is 9.90 Å². The van der Waals surface area contributed by atoms with E-state index in [0.717, 1.165) is 38.8 Å². The van der Waals surface area contributed by atoms with Gasteiger partial charge in [0.25, 0.3) is 0 Å². The number of rotatable bonds is 5. The van der Waals surface area contributed by atoms with Crippen molar-refractivity contribution in [3.05, 3.63) is 0 Å². The standard InChI is InChI=1S/C12H22N2O2/c15-11(10-4-5-10)8-13-9-12(16)14-6-2-1-3-7-14/h10-11,13,15H,1-9H2. The number of aliphatic hydroxyl groups is 1. The summed E-state index contributed by atoms with van der Waals surface area (Å²) >= 11 is 0. The van der Waals surface area contributed by atoms with Crippen LogP contribution in [0.15, 0.2) is 0 Å². The Hall–Kier alpha value is -0.610. The minimum absolute atomic E-state index is 0.183. The molecule has 1 saturated heterocycles. The van der Waals surface area contributed by atoms with E-state index in [0.29, 0.717) is 19.0 Å². The van der Waals surface area contributed by atoms with Gasteiger partial charge in [0.15, 0.2) is 0 Å². The molecule has 1 atom stereocenters. The normalized spacial score (nSPS) is 23.2. The average Bonchev–Trinajstić information content (AvgIpc) is 3.14. The van der Waals surface area contributed by atoms with E-state index < -0.39 is 0 Å². The molecule has 1 aliphatic heterocycles. The number of likely N-dealkylation sites (tertiary alicyclic amines) is 1. The molecule has 92 valence electrons. The van der Waals surface area contributed by atoms with Crippen LogP contribution in [0.3, 0.4) is 0 Å². The second kappa shape index (κ2) is 5.64. The van der Waals surface area contributed by atoms with Crippen molar-refractivity contribution in [2.45, 2.75) is 38.2 Å². The average molecular weight is 226 g/mol. The molecular weight excluding hydrogens is 204 g/mol. The van der Waals surface area contributed by atoms with Gasteiger partial charge in [-0.05, 0) is 38.0 Å². The third-order valence-electron chi connectivity index (χ3n) is 3.50. The van der Waals surface area contributed by atoms with Gasteiger partial charge < -0.3 is 15.3 Å². The Morgan fingerprint density at radius 3 is 2.62 bits per heavy atom. The number of aliphatic hydroxyl groups excluding tert-OH is 1. The van der Waals surface area contributed by atoms with Crippen molar-refractivity contribution in [3.63, 3.8) is 0 Å². The van der Waals surface area contributed by atoms with E-state index >= 15 is 0 Å². The third-order valence-corrected chi connectivity index (χ3v) is 3.50. The molecule has 0 bridgehead atoms. The van der Waals surface area contributed by atoms with Crippen LogP contribution in [0.4, 0.5) is 0 Å². The van der Waals surface area contributed by atoms with Gasteiger partial charge in [-0.25, -0.2) is 0 Å². The first-order valence-electron chi connectivity index (χ1n) is 6.44. The topological polar surface area (TPSA) is 52.6 Å². The fourth-order valence-electron chi connectivity index (χ4n) is 2.23. The van der Waals surface area contributed by atoms with Crippen molar-refractivity contribution < 1.29 is 9.90 Å². The highest BCUT2D eigenvalue weighted by molar-refractivity contribution is 5.78. The minimum Gasteiger partial charge on any atom is -0.392 e. The number of amides is 1. The molecule has 0 spiro atoms. The lowest BCUT2D eigenvalue weighted by molar-refractivity contribution is -0.131. The number of hydrogen-bond acceptors (Lipinski definition) is 3. The van der Waals surface area contributed by atoms with Crippen molar-refractivity contribution in [2.24, 2.45) is 5.92 Å². The van der Waals surface area contributed by atoms with Crippen molar-refractivity contribution in [1.82, 2.24) is 10.2 Å². The van der Waals surface area contributed by atoms with Crippen molar-refractivity contribution in [2.75, 3.05) is 26.2 Å². The van der Waals surface area contributed by atoms with Gasteiger partial charge in [0, 0.05) is 19.6 Å². The van der Waals surface area contributed by atoms with Crippen LogP contribution in [-0.4, -0.2) is 48.2 Å². The highest BCUT2D eigenvalue weighted by atomic mass is 16.3. The molecule has 4 nitrogen and oxygen atoms in total. The molecule has 0 aromatic carbocycles. The van der Waals surface area contributed by atoms with Crippen LogP contribution in [0.25, 0.3) is 0 Å². The molecule has 1 heterocycles. The van der Waals surface area contributed by atoms with Gasteiger partial charge in [-0.15, -0.1) is 0 Å². The molecule has 4 heteroatoms. The molecule has 0 aromatic rings. The predicted octanol–water partition coefficient (Wildman–Crippen LogP) is 0.359. The van der Waals surface area contributed by atoms with Crippen LogP contribution in [0.2, 0.25) is 0 Å². The lowest BCUT2D eigenvalue weighted by atomic mass is 10.1. The molecule has 1 aliphatic carbocycles. The second-order valence-electron chi connectivity index (χ2n) is 4.98. The molecule has 1 amide bonds. The van der Waals surface area contributed by atoms with Crippen LogP contribution >= 0.6 is 0 Å². The molecule has 1 unspecified atom stereocenters. The first kappa shape index (κ1) is 11.9. The Bertz CT molecular complexity index is 235. The summed E-state index contributed by atoms with van der Waals surface area (Å²) in [5.74, 6) is 0.667. The highest BCUT2D eigenvalue weighted by Crippen LogP contribution is 2.32. The summed E-state index contributed by atoms with van der Waals surface area (Å²) in [6.07, 6.45) is 5.55. The quantitative estimate of drug-likeness (QED) is 0.711. The van der Waals surface area contributed by atoms with Gasteiger partial charge in [0.2, 0.25) is 5.91 Å². The Morgan fingerprint density at radius 1 is 1.31 bits per heavy atom. The van der Waals surface area contributed by atoms with Crippen LogP contribution in [0, 0.1) is 5.92 Å². The van der Waals surface area contributed by atoms with Crippen molar-refractivity contribution in [1.29, 1.82) is 0 Å². The lowest BCUT2D eigenvalue weighted by Crippen LogP contribution is -2.42. The van der Waals surface area contributed by atoms with Crippen molar-refractivity contribution in [3.8, 4) is 0 Å². The van der Waals surface area contributed by atoms with Crippen LogP contribution in [0.5, 0.6) is 0 Å². The van der Waals surface area contributed by atoms with Gasteiger partial charge in [0.1, 0.15) is 0 Å². The van der Waals surface area contributed by atoms with E-state index in [1.165, 1.54) is 6.42 Å². The zero-order valence-corrected chi connectivity index (χ0v) is 9.82. The maximum absolute atomic E-state index is 11.7. The monoisotopic (exact) mass is 226 g/mol. The molecular formula is C12H22N2O2. The molecule has 2 N–H and O–H groups in total. The molecule has 1 saturated carbocycles. The SMILES string of the molecule is O=C(CNCC(O)C1CC1)N1CCCCC1. The summed E-state index contributed by atoms with van der Waals surface area (Å²) in [6, 6.07) is 0. The van der Waals surface area contributed by atoms with Gasteiger partial charge in [0.05, 0.1) is 12.6 Å². The smallest absolute Gasteiger partial charge is 0.236 e. The van der Waals surface area contributed by atoms with Crippen LogP contribution in [-0.2, 0) is 4.79 Å². The van der Waals surface area contributed by atoms with E-state index in [2.05, 4.69) is 5.32 Å². The number of nitrogens with one attached hydrogen (secondary N) is 1. The maximum Gasteiger partial charge on any atom is 0.236 e. The number of carbonyl (C=O) groups excluding carboxylic acids is 1. The Morgan fingerprint density at radius 2 is 2.00 bits per heavy atom. The summed E-state index contributed by atoms with van der Waals surface area (Å²) in [4.78, 5) is 13.7. The number of piperidine rings is 1. The van der Waals surface area contributed by atoms with Gasteiger partial charge in [-0.1, -0.05) is 0 Å². The second-order valence-corrected chi connectivity index (χ2v) is 4.98. The Labute approximate surface area is 97.0 Å². The Balaban J connectivity index is 1.59. The third kappa shape index (κ3) is 3.46. The number of nitrogens with zero attached hydrogens (tertiary/aromatic N) is 1. The molecule has 2 rings (SSSR count). The first-order chi connectivity index (χ1) is 7.77. The van der Waals surface area contributed by atoms with Gasteiger partial charge in [-0.2, -0.15) is 0 Å². The minimum atomic E-state index is -0.255. The predicted molar refractivity (Wildman–Crippen MR) is 62.0 cm³/mol. The van der Waals surface area contributed by atoms with Gasteiger partial charge in [-0.3, -0.25) is 4.79 Å². The fraction of sp³-hybridized carbons (Fsp3) is 0.917. The van der Waals surface area contributed by atoms with E-state index in [1.807, 2.05) is 4.90 Å². The molecule has 2 aliphatic rings. The molecule has 2 fully saturated rings. The molecule has 0 radical (unpaired) electrons. The maximum atomic E-state index is 11.7.